The minimum absolute atomic E-state index is 0.130. The predicted octanol–water partition coefficient (Wildman–Crippen LogP) is 3.05. The maximum Gasteiger partial charge on any atom is 0.321 e. The number of aromatic nitrogens is 1. The summed E-state index contributed by atoms with van der Waals surface area (Å²) in [7, 11) is 1.76. The molecule has 1 aromatic carbocycles. The summed E-state index contributed by atoms with van der Waals surface area (Å²) in [6.07, 6.45) is 3.48. The third-order valence-electron chi connectivity index (χ3n) is 2.76. The summed E-state index contributed by atoms with van der Waals surface area (Å²) in [6, 6.07) is 11.4. The first-order chi connectivity index (χ1) is 9.15. The minimum Gasteiger partial charge on any atom is -0.323 e. The van der Waals surface area contributed by atoms with Crippen LogP contribution in [0.25, 0.3) is 0 Å². The second kappa shape index (κ2) is 6.00. The van der Waals surface area contributed by atoms with Crippen LogP contribution in [0, 0.1) is 6.92 Å². The third kappa shape index (κ3) is 3.81. The van der Waals surface area contributed by atoms with Crippen molar-refractivity contribution in [2.24, 2.45) is 0 Å². The maximum atomic E-state index is 12.0. The van der Waals surface area contributed by atoms with Gasteiger partial charge in [0.05, 0.1) is 0 Å². The molecular weight excluding hydrogens is 238 g/mol. The number of anilines is 1. The average Bonchev–Trinajstić information content (AvgIpc) is 2.40. The molecule has 1 aromatic heterocycles. The Kier molecular flexibility index (Phi) is 4.13. The zero-order valence-electron chi connectivity index (χ0n) is 11.1. The van der Waals surface area contributed by atoms with Gasteiger partial charge in [-0.2, -0.15) is 0 Å². The number of nitrogens with one attached hydrogen (secondary N) is 1. The predicted molar refractivity (Wildman–Crippen MR) is 75.9 cm³/mol. The molecule has 0 saturated carbocycles. The van der Waals surface area contributed by atoms with Gasteiger partial charge >= 0.3 is 6.03 Å². The summed E-state index contributed by atoms with van der Waals surface area (Å²) in [4.78, 5) is 17.7. The van der Waals surface area contributed by atoms with E-state index in [-0.39, 0.29) is 6.03 Å². The maximum absolute atomic E-state index is 12.0. The van der Waals surface area contributed by atoms with Crippen LogP contribution in [0.3, 0.4) is 0 Å². The zero-order valence-corrected chi connectivity index (χ0v) is 11.1. The number of carbonyl (C=O) groups is 1. The molecule has 1 heterocycles. The molecule has 2 amide bonds. The molecule has 2 rings (SSSR count). The second-order valence-electron chi connectivity index (χ2n) is 4.52. The molecule has 4 nitrogen and oxygen atoms in total. The van der Waals surface area contributed by atoms with Crippen LogP contribution in [0.2, 0.25) is 0 Å². The number of amides is 2. The van der Waals surface area contributed by atoms with Crippen LogP contribution in [-0.4, -0.2) is 23.0 Å². The van der Waals surface area contributed by atoms with Gasteiger partial charge in [-0.15, -0.1) is 0 Å². The number of carbonyl (C=O) groups excluding carboxylic acids is 1. The third-order valence-corrected chi connectivity index (χ3v) is 2.76. The number of pyridine rings is 1. The second-order valence-corrected chi connectivity index (χ2v) is 4.52. The Morgan fingerprint density at radius 2 is 2.16 bits per heavy atom. The van der Waals surface area contributed by atoms with Crippen LogP contribution >= 0.6 is 0 Å². The van der Waals surface area contributed by atoms with Crippen molar-refractivity contribution in [3.05, 3.63) is 59.9 Å². The molecule has 0 aliphatic rings. The number of hydrogen-bond donors (Lipinski definition) is 1. The topological polar surface area (TPSA) is 45.2 Å². The molecule has 0 fully saturated rings. The van der Waals surface area contributed by atoms with Crippen molar-refractivity contribution >= 4 is 11.7 Å². The Bertz CT molecular complexity index is 554. The van der Waals surface area contributed by atoms with Crippen LogP contribution in [0.5, 0.6) is 0 Å². The first kappa shape index (κ1) is 13.1. The Balaban J connectivity index is 1.96. The smallest absolute Gasteiger partial charge is 0.321 e. The molecule has 0 aliphatic carbocycles. The molecule has 2 aromatic rings. The molecule has 0 aliphatic heterocycles. The highest BCUT2D eigenvalue weighted by Gasteiger charge is 2.09. The van der Waals surface area contributed by atoms with Crippen LogP contribution < -0.4 is 5.32 Å². The number of urea groups is 1. The van der Waals surface area contributed by atoms with Crippen molar-refractivity contribution in [2.75, 3.05) is 12.4 Å². The fourth-order valence-electron chi connectivity index (χ4n) is 1.78. The van der Waals surface area contributed by atoms with Gasteiger partial charge < -0.3 is 10.2 Å². The van der Waals surface area contributed by atoms with Gasteiger partial charge in [0.25, 0.3) is 0 Å². The quantitative estimate of drug-likeness (QED) is 0.916. The summed E-state index contributed by atoms with van der Waals surface area (Å²) >= 11 is 0. The monoisotopic (exact) mass is 255 g/mol. The van der Waals surface area contributed by atoms with Gasteiger partial charge in [-0.1, -0.05) is 18.2 Å². The van der Waals surface area contributed by atoms with Crippen LogP contribution in [0.1, 0.15) is 11.1 Å². The van der Waals surface area contributed by atoms with E-state index in [1.165, 1.54) is 0 Å². The van der Waals surface area contributed by atoms with E-state index >= 15 is 0 Å². The minimum atomic E-state index is -0.130. The number of nitrogens with zero attached hydrogens (tertiary/aromatic N) is 2. The number of benzene rings is 1. The van der Waals surface area contributed by atoms with E-state index in [0.717, 1.165) is 16.8 Å². The summed E-state index contributed by atoms with van der Waals surface area (Å²) in [5.74, 6) is 0. The molecule has 0 bridgehead atoms. The summed E-state index contributed by atoms with van der Waals surface area (Å²) in [6.45, 7) is 2.53. The van der Waals surface area contributed by atoms with Crippen LogP contribution in [0.4, 0.5) is 10.5 Å². The lowest BCUT2D eigenvalue weighted by atomic mass is 10.2. The van der Waals surface area contributed by atoms with E-state index in [4.69, 9.17) is 0 Å². The normalized spacial score (nSPS) is 10.0. The molecule has 0 spiro atoms. The average molecular weight is 255 g/mol. The Hall–Kier alpha value is -2.36. The fraction of sp³-hybridized carbons (Fsp3) is 0.200. The van der Waals surface area contributed by atoms with Crippen molar-refractivity contribution < 1.29 is 4.79 Å². The number of hydrogen-bond acceptors (Lipinski definition) is 2. The number of rotatable bonds is 3. The van der Waals surface area contributed by atoms with Gasteiger partial charge in [-0.25, -0.2) is 4.79 Å². The zero-order chi connectivity index (χ0) is 13.7. The lowest BCUT2D eigenvalue weighted by Crippen LogP contribution is -2.30. The van der Waals surface area contributed by atoms with Crippen molar-refractivity contribution in [3.63, 3.8) is 0 Å². The largest absolute Gasteiger partial charge is 0.323 e. The van der Waals surface area contributed by atoms with Gasteiger partial charge in [-0.3, -0.25) is 4.98 Å². The highest BCUT2D eigenvalue weighted by atomic mass is 16.2. The lowest BCUT2D eigenvalue weighted by Gasteiger charge is -2.18. The molecule has 19 heavy (non-hydrogen) atoms. The van der Waals surface area contributed by atoms with Crippen molar-refractivity contribution in [1.82, 2.24) is 9.88 Å². The standard InChI is InChI=1S/C15H17N3O/c1-12-5-3-7-14(9-12)17-15(19)18(2)11-13-6-4-8-16-10-13/h3-10H,11H2,1-2H3,(H,17,19). The van der Waals surface area contributed by atoms with Crippen molar-refractivity contribution in [2.45, 2.75) is 13.5 Å². The Labute approximate surface area is 113 Å². The van der Waals surface area contributed by atoms with Crippen LogP contribution in [0.15, 0.2) is 48.8 Å². The van der Waals surface area contributed by atoms with E-state index in [1.807, 2.05) is 43.3 Å². The summed E-state index contributed by atoms with van der Waals surface area (Å²) in [5.41, 5.74) is 2.93. The van der Waals surface area contributed by atoms with Gasteiger partial charge in [0.2, 0.25) is 0 Å². The Morgan fingerprint density at radius 3 is 2.84 bits per heavy atom. The number of aryl methyl sites for hydroxylation is 1. The van der Waals surface area contributed by atoms with Crippen molar-refractivity contribution in [3.8, 4) is 0 Å². The van der Waals surface area contributed by atoms with E-state index in [2.05, 4.69) is 10.3 Å². The molecule has 98 valence electrons. The molecule has 0 saturated heterocycles. The van der Waals surface area contributed by atoms with E-state index in [0.29, 0.717) is 6.54 Å². The van der Waals surface area contributed by atoms with E-state index in [9.17, 15) is 4.79 Å². The van der Waals surface area contributed by atoms with Crippen LogP contribution in [-0.2, 0) is 6.54 Å². The van der Waals surface area contributed by atoms with Gasteiger partial charge in [-0.05, 0) is 36.2 Å². The Morgan fingerprint density at radius 1 is 1.32 bits per heavy atom. The molecule has 1 N–H and O–H groups in total. The van der Waals surface area contributed by atoms with E-state index < -0.39 is 0 Å². The van der Waals surface area contributed by atoms with Crippen molar-refractivity contribution in [1.29, 1.82) is 0 Å². The lowest BCUT2D eigenvalue weighted by molar-refractivity contribution is 0.220. The first-order valence-electron chi connectivity index (χ1n) is 6.13. The fourth-order valence-corrected chi connectivity index (χ4v) is 1.78. The molecule has 0 atom stereocenters. The van der Waals surface area contributed by atoms with Gasteiger partial charge in [0, 0.05) is 31.7 Å². The summed E-state index contributed by atoms with van der Waals surface area (Å²) < 4.78 is 0. The van der Waals surface area contributed by atoms with E-state index in [1.54, 1.807) is 24.3 Å². The first-order valence-corrected chi connectivity index (χ1v) is 6.13. The molecule has 0 radical (unpaired) electrons. The molecule has 0 unspecified atom stereocenters. The SMILES string of the molecule is Cc1cccc(NC(=O)N(C)Cc2cccnc2)c1. The van der Waals surface area contributed by atoms with Gasteiger partial charge in [0.15, 0.2) is 0 Å². The highest BCUT2D eigenvalue weighted by molar-refractivity contribution is 5.89. The van der Waals surface area contributed by atoms with Gasteiger partial charge in [0.1, 0.15) is 0 Å². The molecule has 4 heteroatoms. The highest BCUT2D eigenvalue weighted by Crippen LogP contribution is 2.11. The summed E-state index contributed by atoms with van der Waals surface area (Å²) in [5, 5.41) is 2.87. The molecular formula is C15H17N3O.